The first kappa shape index (κ1) is 23.2. The summed E-state index contributed by atoms with van der Waals surface area (Å²) in [6.07, 6.45) is 5.36. The minimum atomic E-state index is -0.584. The number of halogens is 3. The molecule has 0 bridgehead atoms. The van der Waals surface area contributed by atoms with Crippen molar-refractivity contribution >= 4 is 57.8 Å². The molecule has 152 valence electrons. The second kappa shape index (κ2) is 10.1. The Labute approximate surface area is 183 Å². The molecule has 1 aromatic heterocycles. The molecule has 2 aromatic rings. The number of hydrogen-bond donors (Lipinski definition) is 2. The highest BCUT2D eigenvalue weighted by molar-refractivity contribution is 7.17. The number of fused-ring (bicyclic) bond motifs is 1. The third kappa shape index (κ3) is 5.11. The van der Waals surface area contributed by atoms with Crippen LogP contribution >= 0.6 is 47.8 Å². The molecule has 0 spiro atoms. The predicted octanol–water partition coefficient (Wildman–Crippen LogP) is 5.08. The Hall–Kier alpha value is -0.0700. The molecule has 1 saturated carbocycles. The summed E-state index contributed by atoms with van der Waals surface area (Å²) in [5.74, 6) is 0.165. The predicted molar refractivity (Wildman–Crippen MR) is 121 cm³/mol. The molecule has 1 unspecified atom stereocenters. The van der Waals surface area contributed by atoms with Gasteiger partial charge in [-0.05, 0) is 47.4 Å². The first-order valence-corrected chi connectivity index (χ1v) is 10.7. The summed E-state index contributed by atoms with van der Waals surface area (Å²) in [5.41, 5.74) is 0.713. The average Bonchev–Trinajstić information content (AvgIpc) is 3.04. The van der Waals surface area contributed by atoms with Crippen molar-refractivity contribution in [2.24, 2.45) is 0 Å². The monoisotopic (exact) mass is 450 g/mol. The summed E-state index contributed by atoms with van der Waals surface area (Å²) in [6.45, 7) is 5.16. The smallest absolute Gasteiger partial charge is 0.0728 e. The molecule has 1 aliphatic carbocycles. The highest BCUT2D eigenvalue weighted by Crippen LogP contribution is 2.44. The van der Waals surface area contributed by atoms with Crippen molar-refractivity contribution in [1.82, 2.24) is 10.2 Å². The maximum atomic E-state index is 11.6. The Bertz CT molecular complexity index is 727. The minimum Gasteiger partial charge on any atom is -0.389 e. The quantitative estimate of drug-likeness (QED) is 0.680. The number of piperazine rings is 1. The van der Waals surface area contributed by atoms with E-state index in [4.69, 9.17) is 11.6 Å². The Balaban J connectivity index is 0.00000131. The molecular formula is C20H29Cl3N2OS. The van der Waals surface area contributed by atoms with Crippen molar-refractivity contribution in [3.05, 3.63) is 34.2 Å². The second-order valence-corrected chi connectivity index (χ2v) is 8.95. The fourth-order valence-electron chi connectivity index (χ4n) is 4.51. The van der Waals surface area contributed by atoms with E-state index < -0.39 is 5.60 Å². The number of rotatable bonds is 4. The summed E-state index contributed by atoms with van der Waals surface area (Å²) in [6, 6.07) is 6.16. The lowest BCUT2D eigenvalue weighted by atomic mass is 9.72. The van der Waals surface area contributed by atoms with Gasteiger partial charge in [-0.2, -0.15) is 0 Å². The third-order valence-electron chi connectivity index (χ3n) is 5.96. The fourth-order valence-corrected chi connectivity index (χ4v) is 5.68. The van der Waals surface area contributed by atoms with Gasteiger partial charge in [-0.15, -0.1) is 36.2 Å². The second-order valence-electron chi connectivity index (χ2n) is 7.60. The number of hydrogen-bond acceptors (Lipinski definition) is 4. The van der Waals surface area contributed by atoms with Gasteiger partial charge in [0.1, 0.15) is 0 Å². The maximum absolute atomic E-state index is 11.6. The lowest BCUT2D eigenvalue weighted by Crippen LogP contribution is -2.49. The van der Waals surface area contributed by atoms with Crippen molar-refractivity contribution in [1.29, 1.82) is 0 Å². The van der Waals surface area contributed by atoms with Crippen molar-refractivity contribution in [3.63, 3.8) is 0 Å². The van der Waals surface area contributed by atoms with Gasteiger partial charge in [-0.1, -0.05) is 30.9 Å². The van der Waals surface area contributed by atoms with Crippen LogP contribution in [0.2, 0.25) is 5.02 Å². The number of nitrogens with zero attached hydrogens (tertiary/aromatic N) is 1. The first-order chi connectivity index (χ1) is 12.2. The largest absolute Gasteiger partial charge is 0.389 e. The number of benzene rings is 1. The van der Waals surface area contributed by atoms with Crippen LogP contribution in [0, 0.1) is 0 Å². The Morgan fingerprint density at radius 1 is 1.15 bits per heavy atom. The van der Waals surface area contributed by atoms with E-state index in [0.29, 0.717) is 0 Å². The minimum absolute atomic E-state index is 0. The van der Waals surface area contributed by atoms with Gasteiger partial charge in [0.25, 0.3) is 0 Å². The average molecular weight is 452 g/mol. The molecule has 1 aliphatic heterocycles. The van der Waals surface area contributed by atoms with E-state index in [0.717, 1.165) is 63.4 Å². The van der Waals surface area contributed by atoms with Gasteiger partial charge in [0.15, 0.2) is 0 Å². The molecular weight excluding hydrogens is 423 g/mol. The van der Waals surface area contributed by atoms with Crippen molar-refractivity contribution < 1.29 is 5.11 Å². The van der Waals surface area contributed by atoms with Gasteiger partial charge < -0.3 is 15.3 Å². The summed E-state index contributed by atoms with van der Waals surface area (Å²) < 4.78 is 1.27. The Kier molecular flexibility index (Phi) is 8.69. The molecule has 1 atom stereocenters. The summed E-state index contributed by atoms with van der Waals surface area (Å²) in [7, 11) is 0. The molecule has 1 saturated heterocycles. The van der Waals surface area contributed by atoms with Crippen LogP contribution in [-0.4, -0.2) is 48.3 Å². The topological polar surface area (TPSA) is 35.5 Å². The van der Waals surface area contributed by atoms with E-state index in [2.05, 4.69) is 27.7 Å². The van der Waals surface area contributed by atoms with Crippen LogP contribution in [0.3, 0.4) is 0 Å². The first-order valence-electron chi connectivity index (χ1n) is 9.48. The van der Waals surface area contributed by atoms with Gasteiger partial charge in [-0.25, -0.2) is 0 Å². The Morgan fingerprint density at radius 3 is 2.56 bits per heavy atom. The van der Waals surface area contributed by atoms with Gasteiger partial charge in [0.05, 0.1) is 5.60 Å². The number of aliphatic hydroxyl groups is 1. The molecule has 4 rings (SSSR count). The molecule has 3 nitrogen and oxygen atoms in total. The molecule has 2 heterocycles. The van der Waals surface area contributed by atoms with Crippen molar-refractivity contribution in [2.45, 2.75) is 43.6 Å². The molecule has 2 N–H and O–H groups in total. The highest BCUT2D eigenvalue weighted by atomic mass is 35.5. The van der Waals surface area contributed by atoms with Crippen LogP contribution in [0.5, 0.6) is 0 Å². The lowest BCUT2D eigenvalue weighted by molar-refractivity contribution is -0.0311. The molecule has 1 aromatic carbocycles. The maximum Gasteiger partial charge on any atom is 0.0728 e. The molecule has 7 heteroatoms. The van der Waals surface area contributed by atoms with E-state index in [1.54, 1.807) is 11.3 Å². The Morgan fingerprint density at radius 2 is 1.85 bits per heavy atom. The fraction of sp³-hybridized carbons (Fsp3) is 0.600. The van der Waals surface area contributed by atoms with Crippen LogP contribution in [0.4, 0.5) is 0 Å². The van der Waals surface area contributed by atoms with Gasteiger partial charge in [0, 0.05) is 48.4 Å². The van der Waals surface area contributed by atoms with E-state index in [-0.39, 0.29) is 30.7 Å². The van der Waals surface area contributed by atoms with Crippen LogP contribution in [0.15, 0.2) is 23.6 Å². The van der Waals surface area contributed by atoms with Crippen molar-refractivity contribution in [2.75, 3.05) is 32.7 Å². The summed E-state index contributed by atoms with van der Waals surface area (Å²) in [5, 5.41) is 19.3. The van der Waals surface area contributed by atoms with E-state index in [1.165, 1.54) is 22.1 Å². The van der Waals surface area contributed by atoms with E-state index in [9.17, 15) is 5.11 Å². The zero-order chi connectivity index (χ0) is 17.3. The molecule has 27 heavy (non-hydrogen) atoms. The van der Waals surface area contributed by atoms with E-state index >= 15 is 0 Å². The summed E-state index contributed by atoms with van der Waals surface area (Å²) >= 11 is 8.06. The molecule has 2 aliphatic rings. The van der Waals surface area contributed by atoms with E-state index in [1.807, 2.05) is 6.07 Å². The lowest BCUT2D eigenvalue weighted by Gasteiger charge is -2.42. The number of thiophene rings is 1. The normalized spacial score (nSPS) is 21.3. The molecule has 0 amide bonds. The summed E-state index contributed by atoms with van der Waals surface area (Å²) in [4.78, 5) is 2.52. The van der Waals surface area contributed by atoms with Crippen LogP contribution < -0.4 is 5.32 Å². The van der Waals surface area contributed by atoms with Crippen LogP contribution in [0.25, 0.3) is 10.1 Å². The molecule has 2 fully saturated rings. The van der Waals surface area contributed by atoms with Crippen LogP contribution in [-0.2, 0) is 0 Å². The number of nitrogens with one attached hydrogen (secondary N) is 1. The molecule has 0 radical (unpaired) electrons. The van der Waals surface area contributed by atoms with Gasteiger partial charge in [-0.3, -0.25) is 0 Å². The van der Waals surface area contributed by atoms with Gasteiger partial charge >= 0.3 is 0 Å². The van der Waals surface area contributed by atoms with Crippen molar-refractivity contribution in [3.8, 4) is 0 Å². The zero-order valence-corrected chi connectivity index (χ0v) is 18.7. The highest BCUT2D eigenvalue weighted by Gasteiger charge is 2.40. The van der Waals surface area contributed by atoms with Crippen LogP contribution in [0.1, 0.15) is 43.6 Å². The standard InChI is InChI=1S/C20H27ClN2OS.2ClH/c21-15-4-5-19-16(12-15)17(14-25-19)18(13-23-10-8-22-9-11-23)20(24)6-2-1-3-7-20;;/h4-5,12,14,18,22,24H,1-3,6-11,13H2;2*1H. The SMILES string of the molecule is Cl.Cl.OC1(C(CN2CCNCC2)c2csc3ccc(Cl)cc23)CCCCC1. The zero-order valence-electron chi connectivity index (χ0n) is 15.5. The van der Waals surface area contributed by atoms with Gasteiger partial charge in [0.2, 0.25) is 0 Å². The third-order valence-corrected chi connectivity index (χ3v) is 7.18.